The minimum Gasteiger partial charge on any atom is -0.375 e. The third-order valence-corrected chi connectivity index (χ3v) is 4.70. The van der Waals surface area contributed by atoms with Gasteiger partial charge < -0.3 is 10.1 Å². The number of pyridine rings is 1. The maximum atomic E-state index is 12.3. The van der Waals surface area contributed by atoms with Gasteiger partial charge in [0.2, 0.25) is 0 Å². The molecule has 120 valence electrons. The number of nitrogens with zero attached hydrogens (tertiary/aromatic N) is 2. The standard InChI is InChI=1S/C17H25N3O2/c1-11(2)16-9-20-8-14(6-15(20)10-22-16)19-17(21)13-5-4-12(3)18-7-13/h4-5,7,11,14-16H,6,8-10H2,1-3H3,(H,19,21)/t14-,15-,16+/m0/s1. The molecule has 3 atom stereocenters. The fourth-order valence-electron chi connectivity index (χ4n) is 3.28. The molecule has 3 rings (SSSR count). The Hall–Kier alpha value is -1.46. The van der Waals surface area contributed by atoms with Crippen molar-refractivity contribution in [1.29, 1.82) is 0 Å². The number of fused-ring (bicyclic) bond motifs is 1. The van der Waals surface area contributed by atoms with E-state index in [-0.39, 0.29) is 11.9 Å². The van der Waals surface area contributed by atoms with Crippen LogP contribution in [0.2, 0.25) is 0 Å². The number of carbonyl (C=O) groups excluding carboxylic acids is 1. The lowest BCUT2D eigenvalue weighted by atomic mass is 10.0. The Labute approximate surface area is 132 Å². The minimum absolute atomic E-state index is 0.0290. The quantitative estimate of drug-likeness (QED) is 0.922. The zero-order valence-electron chi connectivity index (χ0n) is 13.6. The molecule has 0 saturated carbocycles. The van der Waals surface area contributed by atoms with Gasteiger partial charge in [0.25, 0.3) is 5.91 Å². The summed E-state index contributed by atoms with van der Waals surface area (Å²) in [6.07, 6.45) is 2.92. The lowest BCUT2D eigenvalue weighted by Crippen LogP contribution is -2.48. The van der Waals surface area contributed by atoms with Crippen LogP contribution in [-0.4, -0.2) is 53.7 Å². The van der Waals surface area contributed by atoms with Gasteiger partial charge in [-0.1, -0.05) is 13.8 Å². The third kappa shape index (κ3) is 3.31. The average molecular weight is 303 g/mol. The van der Waals surface area contributed by atoms with E-state index in [1.807, 2.05) is 19.1 Å². The van der Waals surface area contributed by atoms with Crippen molar-refractivity contribution in [3.05, 3.63) is 29.6 Å². The minimum atomic E-state index is -0.0290. The van der Waals surface area contributed by atoms with Crippen molar-refractivity contribution in [1.82, 2.24) is 15.2 Å². The Morgan fingerprint density at radius 2 is 2.23 bits per heavy atom. The molecule has 0 spiro atoms. The highest BCUT2D eigenvalue weighted by atomic mass is 16.5. The van der Waals surface area contributed by atoms with E-state index in [9.17, 15) is 4.79 Å². The van der Waals surface area contributed by atoms with Crippen molar-refractivity contribution in [2.24, 2.45) is 5.92 Å². The molecule has 5 heteroatoms. The summed E-state index contributed by atoms with van der Waals surface area (Å²) in [7, 11) is 0. The summed E-state index contributed by atoms with van der Waals surface area (Å²) >= 11 is 0. The Balaban J connectivity index is 1.57. The SMILES string of the molecule is Cc1ccc(C(=O)N[C@H]2C[C@H]3CO[C@@H](C(C)C)CN3C2)cn1. The van der Waals surface area contributed by atoms with Gasteiger partial charge in [0.15, 0.2) is 0 Å². The Bertz CT molecular complexity index is 529. The molecule has 1 aromatic rings. The van der Waals surface area contributed by atoms with E-state index >= 15 is 0 Å². The fourth-order valence-corrected chi connectivity index (χ4v) is 3.28. The van der Waals surface area contributed by atoms with Crippen LogP contribution in [0.25, 0.3) is 0 Å². The first-order valence-electron chi connectivity index (χ1n) is 8.12. The number of morpholine rings is 1. The predicted octanol–water partition coefficient (Wildman–Crippen LogP) is 1.62. The van der Waals surface area contributed by atoms with Gasteiger partial charge in [0, 0.05) is 37.1 Å². The second-order valence-corrected chi connectivity index (χ2v) is 6.82. The van der Waals surface area contributed by atoms with Gasteiger partial charge in [0.05, 0.1) is 18.3 Å². The second kappa shape index (κ2) is 6.34. The first kappa shape index (κ1) is 15.4. The summed E-state index contributed by atoms with van der Waals surface area (Å²) in [6.45, 7) is 8.99. The molecule has 1 amide bonds. The molecule has 2 aliphatic rings. The molecule has 5 nitrogen and oxygen atoms in total. The molecule has 2 aliphatic heterocycles. The molecule has 0 unspecified atom stereocenters. The van der Waals surface area contributed by atoms with Crippen LogP contribution in [0, 0.1) is 12.8 Å². The highest BCUT2D eigenvalue weighted by molar-refractivity contribution is 5.94. The lowest BCUT2D eigenvalue weighted by molar-refractivity contribution is -0.0683. The Kier molecular flexibility index (Phi) is 4.45. The lowest BCUT2D eigenvalue weighted by Gasteiger charge is -2.36. The van der Waals surface area contributed by atoms with Gasteiger partial charge in [-0.3, -0.25) is 14.7 Å². The summed E-state index contributed by atoms with van der Waals surface area (Å²) in [4.78, 5) is 18.9. The smallest absolute Gasteiger partial charge is 0.253 e. The van der Waals surface area contributed by atoms with Gasteiger partial charge in [-0.05, 0) is 31.4 Å². The largest absolute Gasteiger partial charge is 0.375 e. The first-order chi connectivity index (χ1) is 10.5. The van der Waals surface area contributed by atoms with Crippen LogP contribution in [0.3, 0.4) is 0 Å². The number of ether oxygens (including phenoxy) is 1. The van der Waals surface area contributed by atoms with Gasteiger partial charge >= 0.3 is 0 Å². The summed E-state index contributed by atoms with van der Waals surface area (Å²) in [5.41, 5.74) is 1.55. The molecular formula is C17H25N3O2. The zero-order chi connectivity index (χ0) is 15.7. The molecule has 1 aromatic heterocycles. The van der Waals surface area contributed by atoms with Crippen molar-refractivity contribution in [3.63, 3.8) is 0 Å². The summed E-state index contributed by atoms with van der Waals surface area (Å²) < 4.78 is 5.94. The Morgan fingerprint density at radius 3 is 2.91 bits per heavy atom. The summed E-state index contributed by atoms with van der Waals surface area (Å²) in [6, 6.07) is 4.34. The molecule has 0 aromatic carbocycles. The van der Waals surface area contributed by atoms with Crippen molar-refractivity contribution in [2.45, 2.75) is 45.4 Å². The maximum Gasteiger partial charge on any atom is 0.253 e. The van der Waals surface area contributed by atoms with E-state index in [4.69, 9.17) is 4.74 Å². The second-order valence-electron chi connectivity index (χ2n) is 6.82. The number of aromatic nitrogens is 1. The van der Waals surface area contributed by atoms with Crippen molar-refractivity contribution >= 4 is 5.91 Å². The third-order valence-electron chi connectivity index (χ3n) is 4.70. The number of amides is 1. The number of nitrogens with one attached hydrogen (secondary N) is 1. The highest BCUT2D eigenvalue weighted by Gasteiger charge is 2.38. The van der Waals surface area contributed by atoms with Crippen LogP contribution >= 0.6 is 0 Å². The van der Waals surface area contributed by atoms with Crippen molar-refractivity contribution in [3.8, 4) is 0 Å². The normalized spacial score (nSPS) is 28.6. The molecule has 0 aliphatic carbocycles. The van der Waals surface area contributed by atoms with Gasteiger partial charge in [0.1, 0.15) is 0 Å². The molecule has 2 saturated heterocycles. The molecular weight excluding hydrogens is 278 g/mol. The van der Waals surface area contributed by atoms with E-state index in [0.29, 0.717) is 23.6 Å². The van der Waals surface area contributed by atoms with Crippen LogP contribution in [0.1, 0.15) is 36.3 Å². The van der Waals surface area contributed by atoms with Gasteiger partial charge in [-0.25, -0.2) is 0 Å². The zero-order valence-corrected chi connectivity index (χ0v) is 13.6. The average Bonchev–Trinajstić information content (AvgIpc) is 2.88. The molecule has 2 fully saturated rings. The van der Waals surface area contributed by atoms with Gasteiger partial charge in [-0.2, -0.15) is 0 Å². The van der Waals surface area contributed by atoms with E-state index in [0.717, 1.165) is 31.8 Å². The first-order valence-corrected chi connectivity index (χ1v) is 8.12. The van der Waals surface area contributed by atoms with Crippen LogP contribution in [0.15, 0.2) is 18.3 Å². The van der Waals surface area contributed by atoms with Crippen molar-refractivity contribution in [2.75, 3.05) is 19.7 Å². The number of carbonyl (C=O) groups is 1. The van der Waals surface area contributed by atoms with E-state index in [1.165, 1.54) is 0 Å². The topological polar surface area (TPSA) is 54.5 Å². The van der Waals surface area contributed by atoms with E-state index in [1.54, 1.807) is 6.20 Å². The number of hydrogen-bond donors (Lipinski definition) is 1. The van der Waals surface area contributed by atoms with E-state index < -0.39 is 0 Å². The molecule has 0 bridgehead atoms. The van der Waals surface area contributed by atoms with Crippen molar-refractivity contribution < 1.29 is 9.53 Å². The Morgan fingerprint density at radius 1 is 1.41 bits per heavy atom. The molecule has 0 radical (unpaired) electrons. The fraction of sp³-hybridized carbons (Fsp3) is 0.647. The monoisotopic (exact) mass is 303 g/mol. The molecule has 3 heterocycles. The molecule has 1 N–H and O–H groups in total. The van der Waals surface area contributed by atoms with E-state index in [2.05, 4.69) is 29.0 Å². The van der Waals surface area contributed by atoms with Gasteiger partial charge in [-0.15, -0.1) is 0 Å². The number of hydrogen-bond acceptors (Lipinski definition) is 4. The summed E-state index contributed by atoms with van der Waals surface area (Å²) in [5.74, 6) is 0.506. The number of aryl methyl sites for hydroxylation is 1. The maximum absolute atomic E-state index is 12.3. The van der Waals surface area contributed by atoms with Crippen LogP contribution in [0.5, 0.6) is 0 Å². The summed E-state index contributed by atoms with van der Waals surface area (Å²) in [5, 5.41) is 3.14. The van der Waals surface area contributed by atoms with Crippen LogP contribution in [-0.2, 0) is 4.74 Å². The predicted molar refractivity (Wildman–Crippen MR) is 84.8 cm³/mol. The highest BCUT2D eigenvalue weighted by Crippen LogP contribution is 2.25. The number of rotatable bonds is 3. The van der Waals surface area contributed by atoms with Crippen LogP contribution < -0.4 is 5.32 Å². The molecule has 22 heavy (non-hydrogen) atoms. The van der Waals surface area contributed by atoms with Crippen LogP contribution in [0.4, 0.5) is 0 Å².